The van der Waals surface area contributed by atoms with Crippen molar-refractivity contribution in [1.82, 2.24) is 31.6 Å². The Hall–Kier alpha value is -7.37. The number of alkyl carbamates (subject to hydrolysis) is 1. The lowest BCUT2D eigenvalue weighted by atomic mass is 10.0. The third-order valence-corrected chi connectivity index (χ3v) is 9.77. The third kappa shape index (κ3) is 15.8. The van der Waals surface area contributed by atoms with Crippen LogP contribution in [0, 0.1) is 0 Å². The minimum absolute atomic E-state index is 0.00119. The van der Waals surface area contributed by atoms with Gasteiger partial charge in [0.05, 0.1) is 20.6 Å². The molecule has 0 aliphatic carbocycles. The van der Waals surface area contributed by atoms with Gasteiger partial charge in [-0.15, -0.1) is 0 Å². The number of amides is 6. The summed E-state index contributed by atoms with van der Waals surface area (Å²) >= 11 is 0. The number of ether oxygens (including phenoxy) is 3. The van der Waals surface area contributed by atoms with Crippen LogP contribution in [0.25, 0.3) is 17.0 Å². The molecule has 9 N–H and O–H groups in total. The van der Waals surface area contributed by atoms with E-state index >= 15 is 0 Å². The zero-order valence-electron chi connectivity index (χ0n) is 36.5. The largest absolute Gasteiger partial charge is 0.497 e. The van der Waals surface area contributed by atoms with Crippen molar-refractivity contribution in [2.45, 2.75) is 89.1 Å². The summed E-state index contributed by atoms with van der Waals surface area (Å²) in [7, 11) is 3.02. The molecule has 18 nitrogen and oxygen atoms in total. The Bertz CT molecular complexity index is 2290. The quantitative estimate of drug-likeness (QED) is 0.0396. The predicted octanol–water partition coefficient (Wildman–Crippen LogP) is 3.28. The van der Waals surface area contributed by atoms with Crippen LogP contribution in [0.5, 0.6) is 11.5 Å². The van der Waals surface area contributed by atoms with E-state index in [2.05, 4.69) is 31.6 Å². The van der Waals surface area contributed by atoms with Crippen LogP contribution >= 0.6 is 0 Å². The molecule has 0 saturated heterocycles. The Morgan fingerprint density at radius 2 is 1.42 bits per heavy atom. The van der Waals surface area contributed by atoms with Crippen molar-refractivity contribution in [3.8, 4) is 11.5 Å². The second-order valence-electron chi connectivity index (χ2n) is 15.9. The van der Waals surface area contributed by atoms with Crippen LogP contribution in [0.15, 0.2) is 85.1 Å². The van der Waals surface area contributed by atoms with Crippen molar-refractivity contribution in [3.63, 3.8) is 0 Å². The van der Waals surface area contributed by atoms with Gasteiger partial charge >= 0.3 is 12.1 Å². The molecule has 4 atom stereocenters. The molecule has 6 amide bonds. The van der Waals surface area contributed by atoms with Gasteiger partial charge < -0.3 is 56.6 Å². The van der Waals surface area contributed by atoms with Gasteiger partial charge in [0.15, 0.2) is 0 Å². The molecule has 0 bridgehead atoms. The number of benzene rings is 3. The van der Waals surface area contributed by atoms with Gasteiger partial charge in [-0.25, -0.2) is 4.79 Å². The maximum absolute atomic E-state index is 14.2. The maximum Gasteiger partial charge on any atom is 0.408 e. The smallest absolute Gasteiger partial charge is 0.408 e. The van der Waals surface area contributed by atoms with Crippen LogP contribution in [0.1, 0.15) is 63.1 Å². The average Bonchev–Trinajstić information content (AvgIpc) is 3.66. The number of aromatic nitrogens is 1. The molecule has 0 aliphatic heterocycles. The maximum atomic E-state index is 14.2. The summed E-state index contributed by atoms with van der Waals surface area (Å²) in [6.45, 7) is 5.16. The molecule has 0 radical (unpaired) electrons. The Kier molecular flexibility index (Phi) is 18.3. The minimum Gasteiger partial charge on any atom is -0.497 e. The number of nitrogens with two attached hydrogens (primary N) is 1. The Labute approximate surface area is 371 Å². The monoisotopic (exact) mass is 883 g/mol. The average molecular weight is 884 g/mol. The molecule has 1 heterocycles. The van der Waals surface area contributed by atoms with Crippen LogP contribution in [0.3, 0.4) is 0 Å². The molecule has 0 spiro atoms. The first kappa shape index (κ1) is 49.3. The lowest BCUT2D eigenvalue weighted by Crippen LogP contribution is -2.59. The number of methoxy groups -OCH3 is 2. The molecule has 0 saturated carbocycles. The van der Waals surface area contributed by atoms with E-state index in [9.17, 15) is 38.7 Å². The number of hydrogen-bond acceptors (Lipinski definition) is 10. The molecule has 342 valence electrons. The number of H-pyrrole nitrogens is 1. The van der Waals surface area contributed by atoms with Gasteiger partial charge in [-0.2, -0.15) is 0 Å². The first-order valence-electron chi connectivity index (χ1n) is 20.6. The van der Waals surface area contributed by atoms with Gasteiger partial charge in [-0.05, 0) is 75.4 Å². The number of rotatable bonds is 23. The number of unbranched alkanes of at least 4 members (excludes halogenated alkanes) is 1. The fraction of sp³-hybridized carbons (Fsp3) is 0.370. The van der Waals surface area contributed by atoms with E-state index in [1.54, 1.807) is 81.6 Å². The molecule has 3 aromatic carbocycles. The second-order valence-corrected chi connectivity index (χ2v) is 15.9. The van der Waals surface area contributed by atoms with E-state index < -0.39 is 77.8 Å². The molecule has 0 unspecified atom stereocenters. The van der Waals surface area contributed by atoms with Crippen LogP contribution < -0.4 is 41.8 Å². The zero-order valence-corrected chi connectivity index (χ0v) is 36.5. The number of carboxylic acids is 1. The van der Waals surface area contributed by atoms with Crippen molar-refractivity contribution in [2.24, 2.45) is 5.73 Å². The van der Waals surface area contributed by atoms with Gasteiger partial charge in [-0.1, -0.05) is 48.5 Å². The van der Waals surface area contributed by atoms with Crippen molar-refractivity contribution in [2.75, 3.05) is 20.8 Å². The van der Waals surface area contributed by atoms with Crippen molar-refractivity contribution in [3.05, 3.63) is 102 Å². The van der Waals surface area contributed by atoms with Gasteiger partial charge in [-0.3, -0.25) is 28.8 Å². The molecule has 4 aromatic rings. The number of para-hydroxylation sites is 1. The van der Waals surface area contributed by atoms with Gasteiger partial charge in [0, 0.05) is 54.2 Å². The molecule has 4 rings (SSSR count). The lowest BCUT2D eigenvalue weighted by molar-refractivity contribution is -0.141. The van der Waals surface area contributed by atoms with Gasteiger partial charge in [0.25, 0.3) is 0 Å². The SMILES string of the molecule is COc1ccc(/C=C/C(=O)NCCCC[C@H](NC(=O)[C@H](Cc2c[nH]c3ccccc23)NC(=O)OC(C)(C)C)C(=O)N[C@@H](CC(=O)O)C(=O)N[C@@H](Cc2ccccc2)C(N)=O)c(OC)c1. The minimum atomic E-state index is -1.70. The molecular weight excluding hydrogens is 827 g/mol. The van der Waals surface area contributed by atoms with E-state index in [1.165, 1.54) is 20.3 Å². The first-order valence-corrected chi connectivity index (χ1v) is 20.6. The summed E-state index contributed by atoms with van der Waals surface area (Å²) < 4.78 is 16.0. The Morgan fingerprint density at radius 1 is 0.766 bits per heavy atom. The number of nitrogens with one attached hydrogen (secondary N) is 6. The second kappa shape index (κ2) is 23.7. The summed E-state index contributed by atoms with van der Waals surface area (Å²) in [4.78, 5) is 95.1. The highest BCUT2D eigenvalue weighted by atomic mass is 16.6. The molecule has 18 heteroatoms. The lowest BCUT2D eigenvalue weighted by Gasteiger charge is -2.26. The predicted molar refractivity (Wildman–Crippen MR) is 238 cm³/mol. The summed E-state index contributed by atoms with van der Waals surface area (Å²) in [6.07, 6.45) is 3.37. The number of carbonyl (C=O) groups is 7. The Balaban J connectivity index is 1.53. The summed E-state index contributed by atoms with van der Waals surface area (Å²) in [6, 6.07) is 15.6. The van der Waals surface area contributed by atoms with E-state index in [0.717, 1.165) is 10.9 Å². The normalized spacial score (nSPS) is 13.1. The van der Waals surface area contributed by atoms with Crippen LogP contribution in [-0.2, 0) is 46.3 Å². The summed E-state index contributed by atoms with van der Waals surface area (Å²) in [5.74, 6) is -4.33. The first-order chi connectivity index (χ1) is 30.5. The molecule has 0 aliphatic rings. The number of hydrogen-bond donors (Lipinski definition) is 8. The molecule has 1 aromatic heterocycles. The van der Waals surface area contributed by atoms with E-state index in [4.69, 9.17) is 19.9 Å². The van der Waals surface area contributed by atoms with Crippen molar-refractivity contribution < 1.29 is 52.9 Å². The highest BCUT2D eigenvalue weighted by Crippen LogP contribution is 2.25. The third-order valence-electron chi connectivity index (χ3n) is 9.77. The molecular formula is C46H57N7O11. The van der Waals surface area contributed by atoms with Crippen LogP contribution in [-0.4, -0.2) is 102 Å². The Morgan fingerprint density at radius 3 is 2.09 bits per heavy atom. The number of carbonyl (C=O) groups excluding carboxylic acids is 6. The van der Waals surface area contributed by atoms with Crippen molar-refractivity contribution in [1.29, 1.82) is 0 Å². The van der Waals surface area contributed by atoms with Crippen LogP contribution in [0.2, 0.25) is 0 Å². The number of fused-ring (bicyclic) bond motifs is 1. The topological polar surface area (TPSA) is 269 Å². The van der Waals surface area contributed by atoms with E-state index in [1.807, 2.05) is 24.3 Å². The fourth-order valence-corrected chi connectivity index (χ4v) is 6.59. The fourth-order valence-electron chi connectivity index (χ4n) is 6.59. The molecule has 64 heavy (non-hydrogen) atoms. The van der Waals surface area contributed by atoms with Gasteiger partial charge in [0.1, 0.15) is 41.3 Å². The zero-order chi connectivity index (χ0) is 46.8. The highest BCUT2D eigenvalue weighted by molar-refractivity contribution is 5.97. The van der Waals surface area contributed by atoms with Crippen molar-refractivity contribution >= 4 is 58.6 Å². The standard InChI is InChI=1S/C46H57N7O11/c1-46(2,3)64-45(61)53-36(24-30-27-49-33-16-10-9-15-32(30)33)43(59)50-34(17-11-12-22-48-39(54)21-19-29-18-20-31(62-4)25-38(29)63-5)42(58)52-37(26-40(55)56)44(60)51-35(41(47)57)23-28-13-7-6-8-14-28/h6-10,13-16,18-21,25,27,34-37,49H,11-12,17,22-24,26H2,1-5H3,(H2,47,57)(H,48,54)(H,50,59)(H,51,60)(H,52,58)(H,53,61)(H,55,56)/b21-19+/t34-,35-,36-,37-/m0/s1. The highest BCUT2D eigenvalue weighted by Gasteiger charge is 2.33. The molecule has 0 fully saturated rings. The number of carboxylic acid groups (broad SMARTS) is 1. The van der Waals surface area contributed by atoms with E-state index in [-0.39, 0.29) is 32.2 Å². The number of aliphatic carboxylic acids is 1. The number of primary amides is 1. The van der Waals surface area contributed by atoms with Crippen LogP contribution in [0.4, 0.5) is 4.79 Å². The summed E-state index contributed by atoms with van der Waals surface area (Å²) in [5.41, 5.74) is 7.47. The van der Waals surface area contributed by atoms with E-state index in [0.29, 0.717) is 34.6 Å². The van der Waals surface area contributed by atoms with Gasteiger partial charge in [0.2, 0.25) is 29.5 Å². The summed E-state index contributed by atoms with van der Waals surface area (Å²) in [5, 5.41) is 23.5. The number of aromatic amines is 1.